The zero-order valence-corrected chi connectivity index (χ0v) is 15.4. The number of thiophene rings is 1. The van der Waals surface area contributed by atoms with E-state index in [-0.39, 0.29) is 0 Å². The maximum Gasteiger partial charge on any atom is 0.136 e. The van der Waals surface area contributed by atoms with Gasteiger partial charge in [0.25, 0.3) is 0 Å². The molecular formula is C19H29N3S. The molecule has 0 N–H and O–H groups in total. The summed E-state index contributed by atoms with van der Waals surface area (Å²) >= 11 is 1.74. The van der Waals surface area contributed by atoms with Crippen LogP contribution in [0.3, 0.4) is 0 Å². The lowest BCUT2D eigenvalue weighted by molar-refractivity contribution is 0.409. The van der Waals surface area contributed by atoms with Crippen LogP contribution in [0.1, 0.15) is 74.8 Å². The van der Waals surface area contributed by atoms with E-state index in [4.69, 9.17) is 4.99 Å². The van der Waals surface area contributed by atoms with Crippen molar-refractivity contribution in [2.75, 3.05) is 13.1 Å². The molecule has 126 valence electrons. The van der Waals surface area contributed by atoms with Crippen LogP contribution in [-0.4, -0.2) is 24.3 Å². The van der Waals surface area contributed by atoms with Crippen molar-refractivity contribution in [3.8, 4) is 6.07 Å². The second-order valence-electron chi connectivity index (χ2n) is 6.34. The third kappa shape index (κ3) is 5.07. The minimum Gasteiger partial charge on any atom is -0.363 e. The van der Waals surface area contributed by atoms with Crippen LogP contribution in [0.15, 0.2) is 4.99 Å². The quantitative estimate of drug-likeness (QED) is 0.361. The second kappa shape index (κ2) is 9.72. The first-order valence-electron chi connectivity index (χ1n) is 9.13. The summed E-state index contributed by atoms with van der Waals surface area (Å²) in [5.74, 6) is 0. The van der Waals surface area contributed by atoms with Crippen LogP contribution in [0, 0.1) is 11.3 Å². The van der Waals surface area contributed by atoms with Crippen LogP contribution >= 0.6 is 11.3 Å². The van der Waals surface area contributed by atoms with Crippen molar-refractivity contribution < 1.29 is 0 Å². The van der Waals surface area contributed by atoms with Crippen LogP contribution in [0.5, 0.6) is 0 Å². The number of fused-ring (bicyclic) bond motifs is 1. The van der Waals surface area contributed by atoms with Crippen molar-refractivity contribution in [2.45, 2.75) is 71.6 Å². The van der Waals surface area contributed by atoms with Gasteiger partial charge in [0.05, 0.1) is 11.9 Å². The van der Waals surface area contributed by atoms with E-state index < -0.39 is 0 Å². The lowest BCUT2D eigenvalue weighted by Crippen LogP contribution is -2.24. The lowest BCUT2D eigenvalue weighted by atomic mass is 10.1. The molecule has 0 fully saturated rings. The molecule has 3 nitrogen and oxygen atoms in total. The van der Waals surface area contributed by atoms with Gasteiger partial charge in [-0.05, 0) is 44.1 Å². The predicted molar refractivity (Wildman–Crippen MR) is 99.8 cm³/mol. The van der Waals surface area contributed by atoms with Crippen molar-refractivity contribution >= 4 is 22.7 Å². The van der Waals surface area contributed by atoms with E-state index in [1.807, 2.05) is 6.34 Å². The fraction of sp³-hybridized carbons (Fsp3) is 0.684. The first-order chi connectivity index (χ1) is 11.3. The van der Waals surface area contributed by atoms with Gasteiger partial charge >= 0.3 is 0 Å². The molecule has 4 heteroatoms. The molecule has 0 bridgehead atoms. The van der Waals surface area contributed by atoms with Crippen molar-refractivity contribution in [1.82, 2.24) is 4.90 Å². The molecule has 0 saturated heterocycles. The van der Waals surface area contributed by atoms with Gasteiger partial charge < -0.3 is 4.90 Å². The fourth-order valence-corrected chi connectivity index (χ4v) is 4.20. The Morgan fingerprint density at radius 2 is 1.83 bits per heavy atom. The Kier molecular flexibility index (Phi) is 7.61. The summed E-state index contributed by atoms with van der Waals surface area (Å²) in [6.07, 6.45) is 12.7. The Morgan fingerprint density at radius 1 is 1.13 bits per heavy atom. The summed E-state index contributed by atoms with van der Waals surface area (Å²) in [6.45, 7) is 6.57. The maximum absolute atomic E-state index is 9.57. The van der Waals surface area contributed by atoms with E-state index >= 15 is 0 Å². The van der Waals surface area contributed by atoms with Gasteiger partial charge in [0.15, 0.2) is 0 Å². The van der Waals surface area contributed by atoms with E-state index in [0.29, 0.717) is 0 Å². The van der Waals surface area contributed by atoms with Gasteiger partial charge in [-0.1, -0.05) is 33.1 Å². The van der Waals surface area contributed by atoms with Crippen LogP contribution in [0.4, 0.5) is 5.00 Å². The second-order valence-corrected chi connectivity index (χ2v) is 7.43. The molecule has 0 amide bonds. The lowest BCUT2D eigenvalue weighted by Gasteiger charge is -2.18. The molecule has 1 aromatic heterocycles. The highest BCUT2D eigenvalue weighted by molar-refractivity contribution is 7.16. The Labute approximate surface area is 145 Å². The summed E-state index contributed by atoms with van der Waals surface area (Å²) in [5, 5.41) is 10.5. The Morgan fingerprint density at radius 3 is 2.48 bits per heavy atom. The smallest absolute Gasteiger partial charge is 0.136 e. The fourth-order valence-electron chi connectivity index (χ4n) is 3.02. The highest BCUT2D eigenvalue weighted by atomic mass is 32.1. The van der Waals surface area contributed by atoms with Gasteiger partial charge in [0, 0.05) is 18.0 Å². The summed E-state index contributed by atoms with van der Waals surface area (Å²) < 4.78 is 0. The molecule has 0 radical (unpaired) electrons. The molecule has 1 heterocycles. The number of nitrogens with zero attached hydrogens (tertiary/aromatic N) is 3. The molecule has 0 aromatic carbocycles. The molecule has 0 spiro atoms. The Bertz CT molecular complexity index is 546. The number of nitriles is 1. The number of hydrogen-bond donors (Lipinski definition) is 0. The summed E-state index contributed by atoms with van der Waals surface area (Å²) in [5.41, 5.74) is 2.13. The average Bonchev–Trinajstić information content (AvgIpc) is 2.74. The van der Waals surface area contributed by atoms with E-state index in [2.05, 4.69) is 24.8 Å². The third-order valence-corrected chi connectivity index (χ3v) is 5.65. The molecule has 2 rings (SSSR count). The van der Waals surface area contributed by atoms with Crippen LogP contribution < -0.4 is 0 Å². The van der Waals surface area contributed by atoms with Crippen LogP contribution in [0.2, 0.25) is 0 Å². The largest absolute Gasteiger partial charge is 0.363 e. The van der Waals surface area contributed by atoms with Crippen molar-refractivity contribution in [1.29, 1.82) is 5.26 Å². The summed E-state index contributed by atoms with van der Waals surface area (Å²) in [6, 6.07) is 2.42. The van der Waals surface area contributed by atoms with Crippen LogP contribution in [-0.2, 0) is 12.8 Å². The molecule has 0 saturated carbocycles. The van der Waals surface area contributed by atoms with E-state index in [9.17, 15) is 5.26 Å². The highest BCUT2D eigenvalue weighted by Crippen LogP contribution is 2.38. The highest BCUT2D eigenvalue weighted by Gasteiger charge is 2.19. The van der Waals surface area contributed by atoms with E-state index in [1.54, 1.807) is 11.3 Å². The number of unbranched alkanes of at least 4 members (excludes halogenated alkanes) is 2. The minimum absolute atomic E-state index is 0.842. The maximum atomic E-state index is 9.57. The molecule has 1 aromatic rings. The van der Waals surface area contributed by atoms with Gasteiger partial charge in [-0.2, -0.15) is 5.26 Å². The monoisotopic (exact) mass is 331 g/mol. The van der Waals surface area contributed by atoms with Gasteiger partial charge in [-0.25, -0.2) is 4.99 Å². The first kappa shape index (κ1) is 18.0. The number of aryl methyl sites for hydroxylation is 1. The number of hydrogen-bond acceptors (Lipinski definition) is 3. The average molecular weight is 332 g/mol. The predicted octanol–water partition coefficient (Wildman–Crippen LogP) is 5.45. The number of aliphatic imine (C=N–C) groups is 1. The van der Waals surface area contributed by atoms with Crippen molar-refractivity contribution in [3.63, 3.8) is 0 Å². The van der Waals surface area contributed by atoms with E-state index in [0.717, 1.165) is 36.5 Å². The summed E-state index contributed by atoms with van der Waals surface area (Å²) in [4.78, 5) is 8.44. The Balaban J connectivity index is 2.15. The molecule has 0 unspecified atom stereocenters. The molecular weight excluding hydrogens is 302 g/mol. The zero-order valence-electron chi connectivity index (χ0n) is 14.6. The normalized spacial score (nSPS) is 14.5. The molecule has 0 aliphatic heterocycles. The molecule has 0 atom stereocenters. The molecule has 1 aliphatic rings. The zero-order chi connectivity index (χ0) is 16.5. The van der Waals surface area contributed by atoms with Gasteiger partial charge in [0.1, 0.15) is 11.1 Å². The SMILES string of the molecule is CCCCN(C=Nc1sc2c(c1C#N)CCCCC2)CCCC. The topological polar surface area (TPSA) is 39.4 Å². The van der Waals surface area contributed by atoms with Gasteiger partial charge in [-0.15, -0.1) is 11.3 Å². The molecule has 1 aliphatic carbocycles. The third-order valence-electron chi connectivity index (χ3n) is 4.45. The molecule has 23 heavy (non-hydrogen) atoms. The number of rotatable bonds is 8. The first-order valence-corrected chi connectivity index (χ1v) is 9.94. The Hall–Kier alpha value is -1.34. The van der Waals surface area contributed by atoms with E-state index in [1.165, 1.54) is 55.4 Å². The van der Waals surface area contributed by atoms with Gasteiger partial charge in [0.2, 0.25) is 0 Å². The van der Waals surface area contributed by atoms with Crippen molar-refractivity contribution in [3.05, 3.63) is 16.0 Å². The van der Waals surface area contributed by atoms with Gasteiger partial charge in [-0.3, -0.25) is 0 Å². The summed E-state index contributed by atoms with van der Waals surface area (Å²) in [7, 11) is 0. The van der Waals surface area contributed by atoms with Crippen molar-refractivity contribution in [2.24, 2.45) is 4.99 Å². The minimum atomic E-state index is 0.842. The standard InChI is InChI=1S/C19H29N3S/c1-3-5-12-22(13-6-4-2)15-21-19-17(14-20)16-10-8-7-9-11-18(16)23-19/h15H,3-13H2,1-2H3. The van der Waals surface area contributed by atoms with Crippen LogP contribution in [0.25, 0.3) is 0 Å².